The number of hydrogen-bond acceptors (Lipinski definition) is 2. The second-order valence-electron chi connectivity index (χ2n) is 6.65. The molecule has 23 heavy (non-hydrogen) atoms. The van der Waals surface area contributed by atoms with Gasteiger partial charge in [0.25, 0.3) is 0 Å². The Kier molecular flexibility index (Phi) is 3.41. The Balaban J connectivity index is 1.60. The minimum absolute atomic E-state index is 1.09. The summed E-state index contributed by atoms with van der Waals surface area (Å²) in [7, 11) is 0. The molecule has 0 saturated carbocycles. The average Bonchev–Trinajstić information content (AvgIpc) is 3.24. The Labute approximate surface area is 149 Å². The molecular formula is C20H18InNS. The summed E-state index contributed by atoms with van der Waals surface area (Å²) in [5.41, 5.74) is 7.63. The normalized spacial score (nSPS) is 21.3. The van der Waals surface area contributed by atoms with Crippen molar-refractivity contribution in [3.63, 3.8) is 0 Å². The first-order valence-electron chi connectivity index (χ1n) is 8.26. The zero-order valence-electron chi connectivity index (χ0n) is 13.2. The molecule has 0 unspecified atom stereocenters. The van der Waals surface area contributed by atoms with E-state index in [0.717, 1.165) is 5.88 Å². The predicted octanol–water partition coefficient (Wildman–Crippen LogP) is 3.35. The van der Waals surface area contributed by atoms with E-state index in [1.54, 1.807) is 23.5 Å². The van der Waals surface area contributed by atoms with Crippen molar-refractivity contribution in [1.82, 2.24) is 5.32 Å². The molecule has 0 atom stereocenters. The van der Waals surface area contributed by atoms with Crippen LogP contribution in [0.15, 0.2) is 60.9 Å². The van der Waals surface area contributed by atoms with E-state index in [2.05, 4.69) is 60.8 Å². The standard InChI is InChI=1S/C20H18NS.In/c1-16-6-5-7-17(12-16)10-11-19(13-20-14-22-15-21-20)18-8-3-2-4-9-18;/h2-8,12,21H,10,14-15H2,1H3;. The van der Waals surface area contributed by atoms with E-state index in [0.29, 0.717) is 0 Å². The van der Waals surface area contributed by atoms with Crippen molar-refractivity contribution in [3.8, 4) is 0 Å². The van der Waals surface area contributed by atoms with Gasteiger partial charge in [-0.25, -0.2) is 0 Å². The third kappa shape index (κ3) is 2.16. The summed E-state index contributed by atoms with van der Waals surface area (Å²) in [4.78, 5) is 0. The Morgan fingerprint density at radius 3 is 2.83 bits per heavy atom. The number of allylic oxidation sites excluding steroid dienone is 3. The van der Waals surface area contributed by atoms with Crippen LogP contribution in [-0.2, 0) is 6.42 Å². The van der Waals surface area contributed by atoms with E-state index >= 15 is 0 Å². The second-order valence-corrected chi connectivity index (χ2v) is 15.5. The molecule has 0 radical (unpaired) electrons. The third-order valence-electron chi connectivity index (χ3n) is 5.20. The number of aryl methyl sites for hydroxylation is 1. The molecule has 6 rings (SSSR count). The second kappa shape index (κ2) is 5.49. The Morgan fingerprint density at radius 1 is 1.13 bits per heavy atom. The van der Waals surface area contributed by atoms with Crippen molar-refractivity contribution in [2.24, 2.45) is 0 Å². The van der Waals surface area contributed by atoms with Crippen molar-refractivity contribution >= 4 is 42.1 Å². The van der Waals surface area contributed by atoms with Gasteiger partial charge in [-0.15, -0.1) is 0 Å². The van der Waals surface area contributed by atoms with E-state index in [9.17, 15) is 0 Å². The molecule has 112 valence electrons. The zero-order valence-corrected chi connectivity index (χ0v) is 17.3. The van der Waals surface area contributed by atoms with Crippen LogP contribution in [0.2, 0.25) is 0 Å². The van der Waals surface area contributed by atoms with Gasteiger partial charge in [0.05, 0.1) is 0 Å². The van der Waals surface area contributed by atoms with Crippen LogP contribution in [0.3, 0.4) is 0 Å². The number of nitrogens with one attached hydrogen (secondary N) is 1. The predicted molar refractivity (Wildman–Crippen MR) is 101 cm³/mol. The summed E-state index contributed by atoms with van der Waals surface area (Å²) in [6.45, 7) is 2.20. The monoisotopic (exact) mass is 419 g/mol. The molecule has 4 aliphatic heterocycles. The SMILES string of the molecule is Cc1cccc(C[C]2=C3/[C](=C4\CSCN4)[In]2[c]2ccccc23)c1. The van der Waals surface area contributed by atoms with Crippen LogP contribution in [0.5, 0.6) is 0 Å². The van der Waals surface area contributed by atoms with Crippen LogP contribution in [-0.4, -0.2) is 33.1 Å². The Morgan fingerprint density at radius 2 is 2.04 bits per heavy atom. The van der Waals surface area contributed by atoms with Gasteiger partial charge < -0.3 is 0 Å². The number of thioether (sulfide) groups is 1. The van der Waals surface area contributed by atoms with Gasteiger partial charge in [-0.05, 0) is 0 Å². The summed E-state index contributed by atoms with van der Waals surface area (Å²) in [6.07, 6.45) is 1.18. The fourth-order valence-corrected chi connectivity index (χ4v) is 16.6. The Bertz CT molecular complexity index is 873. The topological polar surface area (TPSA) is 12.0 Å². The molecule has 2 aromatic rings. The molecular weight excluding hydrogens is 401 g/mol. The van der Waals surface area contributed by atoms with Gasteiger partial charge in [-0.1, -0.05) is 0 Å². The molecule has 0 amide bonds. The van der Waals surface area contributed by atoms with Crippen LogP contribution >= 0.6 is 11.8 Å². The maximum atomic E-state index is 3.65. The molecule has 4 aliphatic rings. The summed E-state index contributed by atoms with van der Waals surface area (Å²) >= 11 is 0.102. The summed E-state index contributed by atoms with van der Waals surface area (Å²) in [6, 6.07) is 18.3. The van der Waals surface area contributed by atoms with E-state index in [4.69, 9.17) is 0 Å². The van der Waals surface area contributed by atoms with E-state index in [-0.39, 0.29) is 0 Å². The molecule has 0 aromatic heterocycles. The molecule has 1 N–H and O–H groups in total. The van der Waals surface area contributed by atoms with Crippen molar-refractivity contribution in [2.75, 3.05) is 11.6 Å². The molecule has 3 heteroatoms. The van der Waals surface area contributed by atoms with Gasteiger partial charge in [0, 0.05) is 0 Å². The fourth-order valence-electron chi connectivity index (χ4n) is 4.27. The fraction of sp³-hybridized carbons (Fsp3) is 0.200. The average molecular weight is 419 g/mol. The van der Waals surface area contributed by atoms with Gasteiger partial charge >= 0.3 is 150 Å². The van der Waals surface area contributed by atoms with E-state index in [1.165, 1.54) is 23.3 Å². The number of benzene rings is 2. The van der Waals surface area contributed by atoms with Crippen LogP contribution in [0.1, 0.15) is 16.7 Å². The molecule has 2 bridgehead atoms. The maximum absolute atomic E-state index is 3.65. The van der Waals surface area contributed by atoms with Crippen LogP contribution in [0.25, 0.3) is 5.57 Å². The molecule has 1 nitrogen and oxygen atoms in total. The van der Waals surface area contributed by atoms with Gasteiger partial charge in [0.2, 0.25) is 0 Å². The zero-order chi connectivity index (χ0) is 15.4. The molecule has 0 aliphatic carbocycles. The molecule has 4 heterocycles. The van der Waals surface area contributed by atoms with Crippen LogP contribution in [0.4, 0.5) is 0 Å². The summed E-state index contributed by atoms with van der Waals surface area (Å²) in [5.74, 6) is 2.28. The molecule has 0 spiro atoms. The first-order valence-corrected chi connectivity index (χ1v) is 14.4. The van der Waals surface area contributed by atoms with Crippen molar-refractivity contribution < 1.29 is 0 Å². The number of rotatable bonds is 2. The number of hydrogen-bond donors (Lipinski definition) is 1. The van der Waals surface area contributed by atoms with Crippen molar-refractivity contribution in [3.05, 3.63) is 77.6 Å². The van der Waals surface area contributed by atoms with E-state index < -0.39 is 21.4 Å². The summed E-state index contributed by atoms with van der Waals surface area (Å²) in [5, 5.41) is 3.65. The minimum atomic E-state index is -1.92. The third-order valence-corrected chi connectivity index (χ3v) is 16.1. The van der Waals surface area contributed by atoms with Gasteiger partial charge in [-0.2, -0.15) is 0 Å². The summed E-state index contributed by atoms with van der Waals surface area (Å²) < 4.78 is 5.36. The van der Waals surface area contributed by atoms with Gasteiger partial charge in [-0.3, -0.25) is 0 Å². The van der Waals surface area contributed by atoms with E-state index in [1.807, 2.05) is 15.1 Å². The Hall–Kier alpha value is -1.06. The van der Waals surface area contributed by atoms with Crippen LogP contribution in [0, 0.1) is 6.92 Å². The molecule has 2 aromatic carbocycles. The molecule has 1 fully saturated rings. The van der Waals surface area contributed by atoms with Crippen molar-refractivity contribution in [2.45, 2.75) is 13.3 Å². The first kappa shape index (κ1) is 14.3. The van der Waals surface area contributed by atoms with Crippen molar-refractivity contribution in [1.29, 1.82) is 0 Å². The quantitative estimate of drug-likeness (QED) is 0.802. The van der Waals surface area contributed by atoms with Gasteiger partial charge in [0.15, 0.2) is 0 Å². The molecule has 1 saturated heterocycles. The first-order chi connectivity index (χ1) is 11.3. The van der Waals surface area contributed by atoms with Crippen LogP contribution < -0.4 is 8.64 Å². The van der Waals surface area contributed by atoms with Gasteiger partial charge in [0.1, 0.15) is 0 Å².